The maximum absolute atomic E-state index is 11.9. The van der Waals surface area contributed by atoms with E-state index in [-0.39, 0.29) is 42.8 Å². The van der Waals surface area contributed by atoms with Gasteiger partial charge in [0.25, 0.3) is 0 Å². The van der Waals surface area contributed by atoms with E-state index in [1.807, 2.05) is 0 Å². The average Bonchev–Trinajstić information content (AvgIpc) is 2.64. The first kappa shape index (κ1) is 29.8. The molecule has 0 amide bonds. The molecule has 0 bridgehead atoms. The van der Waals surface area contributed by atoms with Gasteiger partial charge in [-0.25, -0.2) is 4.79 Å². The molecule has 0 rings (SSSR count). The minimum absolute atomic E-state index is 0. The van der Waals surface area contributed by atoms with E-state index >= 15 is 0 Å². The molecule has 0 aliphatic rings. The van der Waals surface area contributed by atoms with Crippen LogP contribution in [0.5, 0.6) is 0 Å². The van der Waals surface area contributed by atoms with Gasteiger partial charge in [-0.1, -0.05) is 78.1 Å². The van der Waals surface area contributed by atoms with Gasteiger partial charge in [0.1, 0.15) is 0 Å². The summed E-state index contributed by atoms with van der Waals surface area (Å²) in [4.78, 5) is 23.1. The van der Waals surface area contributed by atoms with Crippen LogP contribution in [0.4, 0.5) is 0 Å². The standard InChI is InChI=1S/C20H36O6S.Na.H/c1-3-5-7-9-11-13-15-25-19(21)17-18(27(23)24)20(22)26-16-14-12-10-8-6-4-2;;/h3-17H2,1-2H3;;. The zero-order valence-corrected chi connectivity index (χ0v) is 17.8. The van der Waals surface area contributed by atoms with Crippen molar-refractivity contribution in [1.29, 1.82) is 0 Å². The van der Waals surface area contributed by atoms with Gasteiger partial charge in [0.05, 0.1) is 19.6 Å². The molecule has 0 aromatic rings. The molecular formula is C20H37NaO6S. The Morgan fingerprint density at radius 1 is 0.679 bits per heavy atom. The van der Waals surface area contributed by atoms with Gasteiger partial charge >= 0.3 is 41.5 Å². The molecule has 0 radical (unpaired) electrons. The van der Waals surface area contributed by atoms with Gasteiger partial charge in [0.15, 0.2) is 4.86 Å². The van der Waals surface area contributed by atoms with Gasteiger partial charge in [-0.2, -0.15) is 8.42 Å². The van der Waals surface area contributed by atoms with E-state index in [9.17, 15) is 18.0 Å². The first-order valence-electron chi connectivity index (χ1n) is 10.3. The van der Waals surface area contributed by atoms with Gasteiger partial charge in [0.2, 0.25) is 10.3 Å². The second-order valence-electron chi connectivity index (χ2n) is 6.73. The van der Waals surface area contributed by atoms with Crippen LogP contribution in [0.15, 0.2) is 0 Å². The Labute approximate surface area is 193 Å². The topological polar surface area (TPSA) is 86.7 Å². The van der Waals surface area contributed by atoms with Crippen molar-refractivity contribution in [2.45, 2.75) is 97.3 Å². The Kier molecular flexibility index (Phi) is 22.7. The quantitative estimate of drug-likeness (QED) is 0.152. The average molecular weight is 429 g/mol. The summed E-state index contributed by atoms with van der Waals surface area (Å²) in [6, 6.07) is 0. The van der Waals surface area contributed by atoms with Crippen LogP contribution >= 0.6 is 0 Å². The minimum atomic E-state index is -2.79. The molecule has 0 aromatic heterocycles. The summed E-state index contributed by atoms with van der Waals surface area (Å²) in [6.45, 7) is 4.70. The van der Waals surface area contributed by atoms with Crippen molar-refractivity contribution < 1.29 is 27.5 Å². The molecule has 0 heterocycles. The van der Waals surface area contributed by atoms with Crippen molar-refractivity contribution in [3.63, 3.8) is 0 Å². The van der Waals surface area contributed by atoms with Crippen LogP contribution in [0.1, 0.15) is 97.3 Å². The number of hydrogen-bond donors (Lipinski definition) is 0. The fraction of sp³-hybridized carbons (Fsp3) is 0.850. The van der Waals surface area contributed by atoms with Crippen LogP contribution < -0.4 is 0 Å². The monoisotopic (exact) mass is 428 g/mol. The van der Waals surface area contributed by atoms with Gasteiger partial charge in [-0.3, -0.25) is 4.79 Å². The molecule has 0 fully saturated rings. The first-order valence-corrected chi connectivity index (χ1v) is 11.4. The number of unbranched alkanes of at least 4 members (excludes halogenated alkanes) is 10. The fourth-order valence-corrected chi connectivity index (χ4v) is 3.01. The summed E-state index contributed by atoms with van der Waals surface area (Å²) in [6.07, 6.45) is 12.0. The Bertz CT molecular complexity index is 537. The molecule has 0 unspecified atom stereocenters. The molecule has 0 atom stereocenters. The molecule has 0 aliphatic heterocycles. The van der Waals surface area contributed by atoms with Crippen molar-refractivity contribution in [3.8, 4) is 0 Å². The van der Waals surface area contributed by atoms with Crippen LogP contribution in [0.3, 0.4) is 0 Å². The zero-order chi connectivity index (χ0) is 20.3. The van der Waals surface area contributed by atoms with E-state index < -0.39 is 33.5 Å². The van der Waals surface area contributed by atoms with E-state index in [1.165, 1.54) is 25.7 Å². The predicted octanol–water partition coefficient (Wildman–Crippen LogP) is 3.59. The number of hydrogen-bond acceptors (Lipinski definition) is 6. The van der Waals surface area contributed by atoms with E-state index in [0.717, 1.165) is 44.9 Å². The summed E-state index contributed by atoms with van der Waals surface area (Å²) >= 11 is 0. The molecule has 0 aliphatic carbocycles. The van der Waals surface area contributed by atoms with Gasteiger partial charge < -0.3 is 9.47 Å². The fourth-order valence-electron chi connectivity index (χ4n) is 2.58. The molecular weight excluding hydrogens is 391 g/mol. The predicted molar refractivity (Wildman–Crippen MR) is 114 cm³/mol. The van der Waals surface area contributed by atoms with E-state index in [1.54, 1.807) is 0 Å². The van der Waals surface area contributed by atoms with Crippen LogP contribution in [-0.4, -0.2) is 68.0 Å². The van der Waals surface area contributed by atoms with Crippen molar-refractivity contribution in [2.24, 2.45) is 0 Å². The Hall–Kier alpha value is -0.370. The Morgan fingerprint density at radius 3 is 1.57 bits per heavy atom. The Balaban J connectivity index is 0. The molecule has 8 heteroatoms. The summed E-state index contributed by atoms with van der Waals surface area (Å²) in [5.41, 5.74) is 0. The van der Waals surface area contributed by atoms with Crippen LogP contribution in [0, 0.1) is 0 Å². The third kappa shape index (κ3) is 17.7. The molecule has 28 heavy (non-hydrogen) atoms. The van der Waals surface area contributed by atoms with E-state index in [4.69, 9.17) is 9.47 Å². The second-order valence-corrected chi connectivity index (χ2v) is 7.69. The number of carbonyl (C=O) groups excluding carboxylic acids is 2. The molecule has 0 aromatic carbocycles. The third-order valence-electron chi connectivity index (χ3n) is 4.23. The van der Waals surface area contributed by atoms with Crippen molar-refractivity contribution >= 4 is 56.7 Å². The molecule has 0 saturated carbocycles. The van der Waals surface area contributed by atoms with Crippen LogP contribution in [0.25, 0.3) is 0 Å². The normalized spacial score (nSPS) is 10.1. The number of rotatable bonds is 17. The third-order valence-corrected chi connectivity index (χ3v) is 4.94. The van der Waals surface area contributed by atoms with E-state index in [0.29, 0.717) is 6.42 Å². The summed E-state index contributed by atoms with van der Waals surface area (Å²) in [7, 11) is -2.79. The SMILES string of the molecule is CCCCCCCCOC(=O)CC(C(=O)OCCCCCCCC)=S(=O)=O.[NaH]. The molecule has 0 N–H and O–H groups in total. The second kappa shape index (κ2) is 21.3. The van der Waals surface area contributed by atoms with Gasteiger partial charge in [-0.15, -0.1) is 0 Å². The van der Waals surface area contributed by atoms with Gasteiger partial charge in [0, 0.05) is 0 Å². The number of ether oxygens (including phenoxy) is 2. The van der Waals surface area contributed by atoms with Crippen LogP contribution in [-0.2, 0) is 29.4 Å². The first-order chi connectivity index (χ1) is 13.0. The summed E-state index contributed by atoms with van der Waals surface area (Å²) < 4.78 is 32.4. The van der Waals surface area contributed by atoms with E-state index in [2.05, 4.69) is 13.8 Å². The molecule has 0 spiro atoms. The van der Waals surface area contributed by atoms with Crippen molar-refractivity contribution in [1.82, 2.24) is 0 Å². The molecule has 0 saturated heterocycles. The van der Waals surface area contributed by atoms with Gasteiger partial charge in [-0.05, 0) is 12.8 Å². The molecule has 160 valence electrons. The Morgan fingerprint density at radius 2 is 1.11 bits per heavy atom. The zero-order valence-electron chi connectivity index (χ0n) is 17.0. The summed E-state index contributed by atoms with van der Waals surface area (Å²) in [5, 5.41) is 0. The molecule has 6 nitrogen and oxygen atoms in total. The number of carbonyl (C=O) groups is 2. The van der Waals surface area contributed by atoms with Crippen LogP contribution in [0.2, 0.25) is 0 Å². The summed E-state index contributed by atoms with van der Waals surface area (Å²) in [5.74, 6) is -1.66. The van der Waals surface area contributed by atoms with Crippen molar-refractivity contribution in [3.05, 3.63) is 0 Å². The van der Waals surface area contributed by atoms with Crippen molar-refractivity contribution in [2.75, 3.05) is 13.2 Å². The maximum atomic E-state index is 11.9. The number of esters is 2.